The Labute approximate surface area is 113 Å². The van der Waals surface area contributed by atoms with E-state index in [2.05, 4.69) is 21.2 Å². The molecule has 1 aromatic rings. The van der Waals surface area contributed by atoms with Gasteiger partial charge in [0.15, 0.2) is 11.4 Å². The number of hydrogen-bond donors (Lipinski definition) is 2. The average molecular weight is 310 g/mol. The Morgan fingerprint density at radius 2 is 2.06 bits per heavy atom. The van der Waals surface area contributed by atoms with Crippen LogP contribution in [0.2, 0.25) is 0 Å². The molecule has 2 aliphatic heterocycles. The van der Waals surface area contributed by atoms with E-state index < -0.39 is 11.6 Å². The van der Waals surface area contributed by atoms with Crippen molar-refractivity contribution in [3.63, 3.8) is 0 Å². The van der Waals surface area contributed by atoms with Crippen LogP contribution in [0.3, 0.4) is 0 Å². The molecule has 18 heavy (non-hydrogen) atoms. The van der Waals surface area contributed by atoms with Gasteiger partial charge in [-0.15, -0.1) is 0 Å². The minimum Gasteiger partial charge on any atom is -0.507 e. The second-order valence-electron chi connectivity index (χ2n) is 4.54. The highest BCUT2D eigenvalue weighted by Crippen LogP contribution is 2.40. The van der Waals surface area contributed by atoms with Crippen LogP contribution >= 0.6 is 15.9 Å². The zero-order valence-corrected chi connectivity index (χ0v) is 11.2. The molecule has 94 valence electrons. The zero-order valence-electron chi connectivity index (χ0n) is 9.57. The molecule has 1 fully saturated rings. The van der Waals surface area contributed by atoms with Crippen LogP contribution in [-0.2, 0) is 9.53 Å². The first kappa shape index (κ1) is 11.7. The number of carbonyl (C=O) groups excluding carboxylic acids is 1. The van der Waals surface area contributed by atoms with Crippen molar-refractivity contribution in [3.05, 3.63) is 40.1 Å². The van der Waals surface area contributed by atoms with Crippen LogP contribution in [0.25, 0.3) is 5.57 Å². The maximum absolute atomic E-state index is 12.0. The molecule has 1 saturated heterocycles. The number of carbonyl (C=O) groups is 1. The molecular formula is C13H12BrNO3. The summed E-state index contributed by atoms with van der Waals surface area (Å²) in [4.78, 5) is 12.0. The number of halogens is 1. The second-order valence-corrected chi connectivity index (χ2v) is 5.46. The Morgan fingerprint density at radius 1 is 1.33 bits per heavy atom. The summed E-state index contributed by atoms with van der Waals surface area (Å²) in [5.74, 6) is -0.390. The van der Waals surface area contributed by atoms with E-state index >= 15 is 0 Å². The molecule has 0 amide bonds. The van der Waals surface area contributed by atoms with Gasteiger partial charge >= 0.3 is 5.97 Å². The first-order chi connectivity index (χ1) is 8.62. The molecule has 2 N–H and O–H groups in total. The van der Waals surface area contributed by atoms with Crippen LogP contribution in [0, 0.1) is 0 Å². The predicted molar refractivity (Wildman–Crippen MR) is 70.0 cm³/mol. The lowest BCUT2D eigenvalue weighted by Gasteiger charge is -2.20. The number of aliphatic hydroxyl groups excluding tert-OH is 1. The van der Waals surface area contributed by atoms with Gasteiger partial charge < -0.3 is 15.2 Å². The molecule has 0 aliphatic carbocycles. The third-order valence-corrected chi connectivity index (χ3v) is 3.94. The van der Waals surface area contributed by atoms with Gasteiger partial charge in [-0.25, -0.2) is 4.79 Å². The summed E-state index contributed by atoms with van der Waals surface area (Å²) in [5.41, 5.74) is 0.120. The molecule has 0 bridgehead atoms. The van der Waals surface area contributed by atoms with Crippen LogP contribution in [0.4, 0.5) is 0 Å². The predicted octanol–water partition coefficient (Wildman–Crippen LogP) is 2.01. The summed E-state index contributed by atoms with van der Waals surface area (Å²) in [5, 5.41) is 13.4. The SMILES string of the molecule is O=C1OC2(CCNC2)C(O)=C1c1ccc(Br)cc1. The van der Waals surface area contributed by atoms with Crippen LogP contribution in [-0.4, -0.2) is 29.8 Å². The minimum atomic E-state index is -0.848. The fraction of sp³-hybridized carbons (Fsp3) is 0.308. The van der Waals surface area contributed by atoms with Crippen molar-refractivity contribution in [2.45, 2.75) is 12.0 Å². The van der Waals surface area contributed by atoms with Crippen molar-refractivity contribution in [1.82, 2.24) is 5.32 Å². The molecule has 1 unspecified atom stereocenters. The van der Waals surface area contributed by atoms with Crippen molar-refractivity contribution < 1.29 is 14.6 Å². The Kier molecular flexibility index (Phi) is 2.68. The third kappa shape index (κ3) is 1.66. The molecule has 3 rings (SSSR count). The van der Waals surface area contributed by atoms with E-state index in [0.29, 0.717) is 18.5 Å². The number of nitrogens with one attached hydrogen (secondary N) is 1. The molecule has 0 radical (unpaired) electrons. The minimum absolute atomic E-state index is 0.0554. The highest BCUT2D eigenvalue weighted by Gasteiger charge is 2.50. The van der Waals surface area contributed by atoms with Crippen LogP contribution < -0.4 is 5.32 Å². The largest absolute Gasteiger partial charge is 0.507 e. The Morgan fingerprint density at radius 3 is 2.67 bits per heavy atom. The molecular weight excluding hydrogens is 298 g/mol. The van der Waals surface area contributed by atoms with E-state index in [4.69, 9.17) is 4.74 Å². The fourth-order valence-corrected chi connectivity index (χ4v) is 2.69. The summed E-state index contributed by atoms with van der Waals surface area (Å²) < 4.78 is 6.31. The normalized spacial score (nSPS) is 27.1. The van der Waals surface area contributed by atoms with Gasteiger partial charge in [-0.2, -0.15) is 0 Å². The number of aliphatic hydroxyl groups is 1. The summed E-state index contributed by atoms with van der Waals surface area (Å²) >= 11 is 3.34. The molecule has 2 aliphatic rings. The monoisotopic (exact) mass is 309 g/mol. The van der Waals surface area contributed by atoms with Gasteiger partial charge in [0.25, 0.3) is 0 Å². The zero-order chi connectivity index (χ0) is 12.8. The first-order valence-corrected chi connectivity index (χ1v) is 6.55. The summed E-state index contributed by atoms with van der Waals surface area (Å²) in [7, 11) is 0. The molecule has 0 aromatic heterocycles. The van der Waals surface area contributed by atoms with Crippen LogP contribution in [0.15, 0.2) is 34.5 Å². The standard InChI is InChI=1S/C13H12BrNO3/c14-9-3-1-8(2-4-9)10-11(16)13(18-12(10)17)5-6-15-7-13/h1-4,15-16H,5-7H2. The Balaban J connectivity index is 2.07. The molecule has 1 aromatic carbocycles. The number of esters is 1. The van der Waals surface area contributed by atoms with E-state index in [0.717, 1.165) is 11.0 Å². The van der Waals surface area contributed by atoms with Crippen LogP contribution in [0.5, 0.6) is 0 Å². The van der Waals surface area contributed by atoms with E-state index in [1.165, 1.54) is 0 Å². The number of benzene rings is 1. The van der Waals surface area contributed by atoms with E-state index in [1.54, 1.807) is 12.1 Å². The molecule has 4 nitrogen and oxygen atoms in total. The van der Waals surface area contributed by atoms with Gasteiger partial charge in [-0.1, -0.05) is 28.1 Å². The number of rotatable bonds is 1. The molecule has 1 spiro atoms. The average Bonchev–Trinajstić information content (AvgIpc) is 2.89. The van der Waals surface area contributed by atoms with Gasteiger partial charge in [-0.05, 0) is 24.2 Å². The summed E-state index contributed by atoms with van der Waals surface area (Å²) in [6.07, 6.45) is 0.616. The lowest BCUT2D eigenvalue weighted by molar-refractivity contribution is -0.145. The fourth-order valence-electron chi connectivity index (χ4n) is 2.43. The maximum atomic E-state index is 12.0. The van der Waals surface area contributed by atoms with Gasteiger partial charge in [0.1, 0.15) is 5.57 Å². The van der Waals surface area contributed by atoms with Crippen molar-refractivity contribution in [1.29, 1.82) is 0 Å². The van der Waals surface area contributed by atoms with E-state index in [-0.39, 0.29) is 11.3 Å². The van der Waals surface area contributed by atoms with Gasteiger partial charge in [0.2, 0.25) is 0 Å². The number of hydrogen-bond acceptors (Lipinski definition) is 4. The van der Waals surface area contributed by atoms with Gasteiger partial charge in [0.05, 0.1) is 0 Å². The van der Waals surface area contributed by atoms with Gasteiger partial charge in [0, 0.05) is 17.4 Å². The van der Waals surface area contributed by atoms with Crippen molar-refractivity contribution in [3.8, 4) is 0 Å². The van der Waals surface area contributed by atoms with Crippen molar-refractivity contribution >= 4 is 27.5 Å². The Bertz CT molecular complexity index is 530. The smallest absolute Gasteiger partial charge is 0.343 e. The van der Waals surface area contributed by atoms with E-state index in [1.807, 2.05) is 12.1 Å². The van der Waals surface area contributed by atoms with Crippen molar-refractivity contribution in [2.75, 3.05) is 13.1 Å². The van der Waals surface area contributed by atoms with Gasteiger partial charge in [-0.3, -0.25) is 0 Å². The van der Waals surface area contributed by atoms with Crippen molar-refractivity contribution in [2.24, 2.45) is 0 Å². The quantitative estimate of drug-likeness (QED) is 0.779. The Hall–Kier alpha value is -1.33. The highest BCUT2D eigenvalue weighted by molar-refractivity contribution is 9.10. The topological polar surface area (TPSA) is 58.6 Å². The lowest BCUT2D eigenvalue weighted by Crippen LogP contribution is -2.34. The van der Waals surface area contributed by atoms with E-state index in [9.17, 15) is 9.90 Å². The molecule has 2 heterocycles. The molecule has 5 heteroatoms. The first-order valence-electron chi connectivity index (χ1n) is 5.76. The lowest BCUT2D eigenvalue weighted by atomic mass is 9.96. The molecule has 1 atom stereocenters. The van der Waals surface area contributed by atoms with Crippen LogP contribution in [0.1, 0.15) is 12.0 Å². The third-order valence-electron chi connectivity index (χ3n) is 3.41. The number of ether oxygens (including phenoxy) is 1. The maximum Gasteiger partial charge on any atom is 0.343 e. The molecule has 0 saturated carbocycles. The summed E-state index contributed by atoms with van der Waals surface area (Å²) in [6.45, 7) is 1.22. The summed E-state index contributed by atoms with van der Waals surface area (Å²) in [6, 6.07) is 7.25. The highest BCUT2D eigenvalue weighted by atomic mass is 79.9. The second kappa shape index (κ2) is 4.10.